The predicted octanol–water partition coefficient (Wildman–Crippen LogP) is 1.88. The molecule has 1 saturated heterocycles. The number of rotatable bonds is 3. The van der Waals surface area contributed by atoms with Crippen LogP contribution in [-0.2, 0) is 0 Å². The molecule has 14 heavy (non-hydrogen) atoms. The molecule has 0 spiro atoms. The van der Waals surface area contributed by atoms with Crippen LogP contribution in [0.3, 0.4) is 0 Å². The topological polar surface area (TPSA) is 12.5 Å². The van der Waals surface area contributed by atoms with Crippen LogP contribution in [0.5, 0.6) is 5.75 Å². The molecule has 2 rings (SSSR count). The Bertz CT molecular complexity index is 305. The molecular weight excluding hydrogens is 174 g/mol. The predicted molar refractivity (Wildman–Crippen MR) is 56.5 cm³/mol. The Balaban J connectivity index is 1.90. The maximum Gasteiger partial charge on any atom is 0.124 e. The summed E-state index contributed by atoms with van der Waals surface area (Å²) in [4.78, 5) is 2.37. The van der Waals surface area contributed by atoms with Gasteiger partial charge in [-0.15, -0.1) is 0 Å². The van der Waals surface area contributed by atoms with Gasteiger partial charge in [0.15, 0.2) is 0 Å². The highest BCUT2D eigenvalue weighted by Crippen LogP contribution is 2.20. The summed E-state index contributed by atoms with van der Waals surface area (Å²) in [6, 6.07) is 8.90. The van der Waals surface area contributed by atoms with Crippen LogP contribution in [0.2, 0.25) is 0 Å². The van der Waals surface area contributed by atoms with E-state index >= 15 is 0 Å². The van der Waals surface area contributed by atoms with Gasteiger partial charge in [-0.05, 0) is 37.2 Å². The maximum absolute atomic E-state index is 5.85. The quantitative estimate of drug-likeness (QED) is 0.721. The zero-order chi connectivity index (χ0) is 9.97. The van der Waals surface area contributed by atoms with Crippen LogP contribution in [0.15, 0.2) is 18.2 Å². The lowest BCUT2D eigenvalue weighted by molar-refractivity contribution is 0.0234. The van der Waals surface area contributed by atoms with Crippen molar-refractivity contribution in [1.29, 1.82) is 0 Å². The second-order valence-electron chi connectivity index (χ2n) is 3.78. The van der Waals surface area contributed by atoms with Crippen molar-refractivity contribution >= 4 is 0 Å². The molecular formula is C12H16NO. The second kappa shape index (κ2) is 4.01. The lowest BCUT2D eigenvalue weighted by atomic mass is 10.1. The minimum atomic E-state index is 0.385. The molecule has 1 aliphatic heterocycles. The summed E-state index contributed by atoms with van der Waals surface area (Å²) in [5.41, 5.74) is 1.17. The zero-order valence-corrected chi connectivity index (χ0v) is 8.79. The van der Waals surface area contributed by atoms with Crippen LogP contribution < -0.4 is 4.74 Å². The van der Waals surface area contributed by atoms with Gasteiger partial charge in [0.1, 0.15) is 11.9 Å². The Morgan fingerprint density at radius 3 is 3.00 bits per heavy atom. The number of hydrogen-bond donors (Lipinski definition) is 0. The third-order valence-corrected chi connectivity index (χ3v) is 2.68. The molecule has 0 bridgehead atoms. The minimum Gasteiger partial charge on any atom is -0.487 e. The van der Waals surface area contributed by atoms with Gasteiger partial charge in [-0.3, -0.25) is 4.90 Å². The number of nitrogens with zero attached hydrogens (tertiary/aromatic N) is 1. The van der Waals surface area contributed by atoms with E-state index in [4.69, 9.17) is 4.74 Å². The molecule has 1 aromatic rings. The van der Waals surface area contributed by atoms with Crippen molar-refractivity contribution < 1.29 is 4.74 Å². The van der Waals surface area contributed by atoms with E-state index in [1.165, 1.54) is 5.56 Å². The van der Waals surface area contributed by atoms with Crippen LogP contribution in [0.4, 0.5) is 0 Å². The number of ether oxygens (including phenoxy) is 1. The lowest BCUT2D eigenvalue weighted by Gasteiger charge is -2.38. The normalized spacial score (nSPS) is 17.9. The van der Waals surface area contributed by atoms with E-state index in [1.54, 1.807) is 0 Å². The Labute approximate surface area is 85.5 Å². The number of aryl methyl sites for hydroxylation is 1. The summed E-state index contributed by atoms with van der Waals surface area (Å²) in [7, 11) is 0. The van der Waals surface area contributed by atoms with Gasteiger partial charge in [-0.1, -0.05) is 13.0 Å². The van der Waals surface area contributed by atoms with Gasteiger partial charge in [0.25, 0.3) is 0 Å². The Morgan fingerprint density at radius 1 is 1.57 bits per heavy atom. The fourth-order valence-electron chi connectivity index (χ4n) is 1.67. The van der Waals surface area contributed by atoms with E-state index in [2.05, 4.69) is 24.8 Å². The average molecular weight is 190 g/mol. The van der Waals surface area contributed by atoms with Gasteiger partial charge < -0.3 is 4.74 Å². The molecule has 0 saturated carbocycles. The molecule has 1 aliphatic rings. The third-order valence-electron chi connectivity index (χ3n) is 2.68. The molecule has 0 aliphatic carbocycles. The van der Waals surface area contributed by atoms with Gasteiger partial charge in [-0.2, -0.15) is 0 Å². The first kappa shape index (κ1) is 9.53. The van der Waals surface area contributed by atoms with Crippen molar-refractivity contribution in [3.8, 4) is 5.75 Å². The zero-order valence-electron chi connectivity index (χ0n) is 8.79. The van der Waals surface area contributed by atoms with E-state index in [1.807, 2.05) is 18.2 Å². The van der Waals surface area contributed by atoms with Gasteiger partial charge >= 0.3 is 0 Å². The molecule has 0 atom stereocenters. The van der Waals surface area contributed by atoms with Crippen molar-refractivity contribution in [2.45, 2.75) is 20.0 Å². The first-order valence-corrected chi connectivity index (χ1v) is 5.15. The summed E-state index contributed by atoms with van der Waals surface area (Å²) in [5, 5.41) is 0. The first-order valence-electron chi connectivity index (χ1n) is 5.15. The molecule has 0 amide bonds. The lowest BCUT2D eigenvalue weighted by Crippen LogP contribution is -2.53. The number of benzene rings is 1. The molecule has 0 unspecified atom stereocenters. The Kier molecular flexibility index (Phi) is 2.73. The molecule has 1 fully saturated rings. The summed E-state index contributed by atoms with van der Waals surface area (Å²) in [6.45, 7) is 7.49. The Hall–Kier alpha value is -1.02. The van der Waals surface area contributed by atoms with Crippen molar-refractivity contribution in [3.05, 3.63) is 29.8 Å². The highest BCUT2D eigenvalue weighted by Gasteiger charge is 2.26. The van der Waals surface area contributed by atoms with Crippen molar-refractivity contribution in [1.82, 2.24) is 4.90 Å². The number of likely N-dealkylation sites (tertiary alicyclic amines) is 1. The largest absolute Gasteiger partial charge is 0.487 e. The summed E-state index contributed by atoms with van der Waals surface area (Å²) < 4.78 is 5.85. The molecule has 1 heterocycles. The SMILES string of the molecule is CCN1CC(Oc2cc[c]cc2C)C1. The second-order valence-corrected chi connectivity index (χ2v) is 3.78. The minimum absolute atomic E-state index is 0.385. The van der Waals surface area contributed by atoms with E-state index in [9.17, 15) is 0 Å². The highest BCUT2D eigenvalue weighted by atomic mass is 16.5. The standard InChI is InChI=1S/C12H16NO/c1-3-13-8-11(9-13)14-12-7-5-4-6-10(12)2/h5-7,11H,3,8-9H2,1-2H3. The van der Waals surface area contributed by atoms with E-state index in [0.717, 1.165) is 25.4 Å². The molecule has 1 radical (unpaired) electrons. The van der Waals surface area contributed by atoms with Crippen LogP contribution in [0.25, 0.3) is 0 Å². The van der Waals surface area contributed by atoms with Crippen molar-refractivity contribution in [3.63, 3.8) is 0 Å². The van der Waals surface area contributed by atoms with E-state index < -0.39 is 0 Å². The van der Waals surface area contributed by atoms with Crippen molar-refractivity contribution in [2.75, 3.05) is 19.6 Å². The first-order chi connectivity index (χ1) is 6.79. The average Bonchev–Trinajstić information content (AvgIpc) is 2.13. The molecule has 1 aromatic carbocycles. The van der Waals surface area contributed by atoms with Gasteiger partial charge in [0.2, 0.25) is 0 Å². The molecule has 0 N–H and O–H groups in total. The van der Waals surface area contributed by atoms with E-state index in [0.29, 0.717) is 6.10 Å². The van der Waals surface area contributed by atoms with Gasteiger partial charge in [0, 0.05) is 13.1 Å². The monoisotopic (exact) mass is 190 g/mol. The highest BCUT2D eigenvalue weighted by molar-refractivity contribution is 5.31. The van der Waals surface area contributed by atoms with Crippen LogP contribution in [0, 0.1) is 13.0 Å². The van der Waals surface area contributed by atoms with Crippen LogP contribution >= 0.6 is 0 Å². The molecule has 0 aromatic heterocycles. The van der Waals surface area contributed by atoms with Crippen LogP contribution in [0.1, 0.15) is 12.5 Å². The van der Waals surface area contributed by atoms with Crippen molar-refractivity contribution in [2.24, 2.45) is 0 Å². The molecule has 75 valence electrons. The Morgan fingerprint density at radius 2 is 2.36 bits per heavy atom. The summed E-state index contributed by atoms with van der Waals surface area (Å²) in [5.74, 6) is 1.00. The van der Waals surface area contributed by atoms with Crippen LogP contribution in [-0.4, -0.2) is 30.6 Å². The maximum atomic E-state index is 5.85. The molecule has 2 heteroatoms. The molecule has 2 nitrogen and oxygen atoms in total. The smallest absolute Gasteiger partial charge is 0.124 e. The number of likely N-dealkylation sites (N-methyl/N-ethyl adjacent to an activating group) is 1. The summed E-state index contributed by atoms with van der Waals surface area (Å²) >= 11 is 0. The van der Waals surface area contributed by atoms with Gasteiger partial charge in [-0.25, -0.2) is 0 Å². The van der Waals surface area contributed by atoms with E-state index in [-0.39, 0.29) is 0 Å². The third kappa shape index (κ3) is 1.90. The summed E-state index contributed by atoms with van der Waals surface area (Å²) in [6.07, 6.45) is 0.385. The fourth-order valence-corrected chi connectivity index (χ4v) is 1.67. The van der Waals surface area contributed by atoms with Gasteiger partial charge in [0.05, 0.1) is 0 Å². The fraction of sp³-hybridized carbons (Fsp3) is 0.500. The number of hydrogen-bond acceptors (Lipinski definition) is 2.